The summed E-state index contributed by atoms with van der Waals surface area (Å²) < 4.78 is 8.87. The zero-order chi connectivity index (χ0) is 22.9. The van der Waals surface area contributed by atoms with Crippen LogP contribution in [0.2, 0.25) is 0 Å². The smallest absolute Gasteiger partial charge is 0.353 e. The summed E-state index contributed by atoms with van der Waals surface area (Å²) in [5.41, 5.74) is 10.2. The molecular formula is C25H28N6O2. The third-order valence-corrected chi connectivity index (χ3v) is 5.97. The first-order valence-corrected chi connectivity index (χ1v) is 11.3. The number of nitrogens with zero attached hydrogens (tertiary/aromatic N) is 5. The maximum absolute atomic E-state index is 13.3. The highest BCUT2D eigenvalue weighted by Crippen LogP contribution is 2.34. The van der Waals surface area contributed by atoms with Crippen molar-refractivity contribution in [3.8, 4) is 11.3 Å². The molecule has 3 heterocycles. The number of anilines is 2. The summed E-state index contributed by atoms with van der Waals surface area (Å²) in [6.07, 6.45) is 0.786. The van der Waals surface area contributed by atoms with Crippen molar-refractivity contribution in [3.63, 3.8) is 0 Å². The molecule has 1 fully saturated rings. The van der Waals surface area contributed by atoms with E-state index in [1.807, 2.05) is 60.7 Å². The van der Waals surface area contributed by atoms with Crippen LogP contribution in [0.5, 0.6) is 0 Å². The Labute approximate surface area is 192 Å². The van der Waals surface area contributed by atoms with Gasteiger partial charge in [-0.2, -0.15) is 0 Å². The second-order valence-corrected chi connectivity index (χ2v) is 8.60. The third-order valence-electron chi connectivity index (χ3n) is 5.97. The average molecular weight is 445 g/mol. The first kappa shape index (κ1) is 21.2. The average Bonchev–Trinajstić information content (AvgIpc) is 3.14. The molecule has 2 atom stereocenters. The highest BCUT2D eigenvalue weighted by atomic mass is 16.5. The van der Waals surface area contributed by atoms with Crippen molar-refractivity contribution < 1.29 is 4.74 Å². The van der Waals surface area contributed by atoms with Gasteiger partial charge in [0.15, 0.2) is 5.65 Å². The van der Waals surface area contributed by atoms with E-state index in [0.717, 1.165) is 22.5 Å². The van der Waals surface area contributed by atoms with Gasteiger partial charge < -0.3 is 15.4 Å². The maximum Gasteiger partial charge on any atom is 0.353 e. The van der Waals surface area contributed by atoms with Crippen molar-refractivity contribution in [1.82, 2.24) is 19.2 Å². The van der Waals surface area contributed by atoms with Crippen LogP contribution < -0.4 is 16.3 Å². The fraction of sp³-hybridized carbons (Fsp3) is 0.320. The molecule has 170 valence electrons. The zero-order valence-corrected chi connectivity index (χ0v) is 18.9. The van der Waals surface area contributed by atoms with E-state index >= 15 is 0 Å². The third kappa shape index (κ3) is 4.09. The molecule has 4 aromatic rings. The minimum Gasteiger partial charge on any atom is -0.372 e. The van der Waals surface area contributed by atoms with Gasteiger partial charge in [0.25, 0.3) is 0 Å². The Kier molecular flexibility index (Phi) is 5.60. The van der Waals surface area contributed by atoms with E-state index in [0.29, 0.717) is 31.7 Å². The summed E-state index contributed by atoms with van der Waals surface area (Å²) in [6.45, 7) is 5.92. The molecule has 0 spiro atoms. The molecular weight excluding hydrogens is 416 g/mol. The van der Waals surface area contributed by atoms with Crippen molar-refractivity contribution in [2.24, 2.45) is 0 Å². The number of hydrogen-bond acceptors (Lipinski definition) is 6. The summed E-state index contributed by atoms with van der Waals surface area (Å²) in [7, 11) is 0. The highest BCUT2D eigenvalue weighted by Gasteiger charge is 2.29. The van der Waals surface area contributed by atoms with Crippen molar-refractivity contribution in [2.45, 2.75) is 39.0 Å². The van der Waals surface area contributed by atoms with Crippen LogP contribution in [0, 0.1) is 0 Å². The maximum atomic E-state index is 13.3. The lowest BCUT2D eigenvalue weighted by molar-refractivity contribution is -0.00513. The molecule has 0 unspecified atom stereocenters. The molecule has 1 saturated heterocycles. The van der Waals surface area contributed by atoms with Crippen LogP contribution in [0.3, 0.4) is 0 Å². The largest absolute Gasteiger partial charge is 0.372 e. The van der Waals surface area contributed by atoms with Gasteiger partial charge in [0.05, 0.1) is 18.8 Å². The van der Waals surface area contributed by atoms with Crippen molar-refractivity contribution >= 4 is 17.3 Å². The second-order valence-electron chi connectivity index (χ2n) is 8.60. The van der Waals surface area contributed by atoms with Crippen LogP contribution in [0.25, 0.3) is 16.9 Å². The van der Waals surface area contributed by atoms with Crippen LogP contribution in [-0.4, -0.2) is 44.5 Å². The van der Waals surface area contributed by atoms with E-state index in [1.54, 1.807) is 0 Å². The number of morpholine rings is 1. The van der Waals surface area contributed by atoms with Crippen LogP contribution in [0.15, 0.2) is 65.5 Å². The standard InChI is InChI=1S/C25H28N6O2/c1-17-15-29(16-18(2)33-17)22-21(20-11-7-4-8-12-20)27-24(26)31-23(22)28-30(25(31)32)14-13-19-9-5-3-6-10-19/h3-12,17-18H,13-16H2,1-2H3,(H2,26,27)/t17-,18+. The van der Waals surface area contributed by atoms with Gasteiger partial charge in [-0.05, 0) is 25.8 Å². The molecule has 8 heteroatoms. The van der Waals surface area contributed by atoms with E-state index in [9.17, 15) is 4.79 Å². The summed E-state index contributed by atoms with van der Waals surface area (Å²) in [5.74, 6) is 0.137. The molecule has 2 N–H and O–H groups in total. The van der Waals surface area contributed by atoms with Crippen LogP contribution in [0.4, 0.5) is 11.6 Å². The van der Waals surface area contributed by atoms with E-state index < -0.39 is 0 Å². The van der Waals surface area contributed by atoms with Crippen LogP contribution in [-0.2, 0) is 17.7 Å². The van der Waals surface area contributed by atoms with E-state index in [-0.39, 0.29) is 23.8 Å². The second kappa shape index (κ2) is 8.71. The first-order valence-electron chi connectivity index (χ1n) is 11.3. The van der Waals surface area contributed by atoms with Crippen molar-refractivity contribution in [3.05, 3.63) is 76.7 Å². The first-order chi connectivity index (χ1) is 16.0. The molecule has 0 aliphatic carbocycles. The lowest BCUT2D eigenvalue weighted by atomic mass is 10.1. The number of rotatable bonds is 5. The van der Waals surface area contributed by atoms with Crippen LogP contribution in [0.1, 0.15) is 19.4 Å². The van der Waals surface area contributed by atoms with E-state index in [4.69, 9.17) is 20.6 Å². The fourth-order valence-corrected chi connectivity index (χ4v) is 4.57. The molecule has 33 heavy (non-hydrogen) atoms. The predicted octanol–water partition coefficient (Wildman–Crippen LogP) is 3.00. The number of aromatic nitrogens is 4. The number of ether oxygens (including phenoxy) is 1. The molecule has 0 saturated carbocycles. The Bertz CT molecular complexity index is 1310. The predicted molar refractivity (Wildman–Crippen MR) is 129 cm³/mol. The lowest BCUT2D eigenvalue weighted by Gasteiger charge is -2.37. The van der Waals surface area contributed by atoms with Crippen LogP contribution >= 0.6 is 0 Å². The lowest BCUT2D eigenvalue weighted by Crippen LogP contribution is -2.46. The zero-order valence-electron chi connectivity index (χ0n) is 18.9. The Morgan fingerprint density at radius 2 is 1.64 bits per heavy atom. The monoisotopic (exact) mass is 444 g/mol. The molecule has 5 rings (SSSR count). The number of hydrogen-bond donors (Lipinski definition) is 1. The highest BCUT2D eigenvalue weighted by molar-refractivity contribution is 5.86. The van der Waals surface area contributed by atoms with Gasteiger partial charge in [0.2, 0.25) is 5.95 Å². The summed E-state index contributed by atoms with van der Waals surface area (Å²) in [6, 6.07) is 20.0. The van der Waals surface area contributed by atoms with Gasteiger partial charge in [0, 0.05) is 18.7 Å². The molecule has 1 aliphatic heterocycles. The van der Waals surface area contributed by atoms with Gasteiger partial charge in [-0.1, -0.05) is 60.7 Å². The Morgan fingerprint density at radius 3 is 2.30 bits per heavy atom. The van der Waals surface area contributed by atoms with E-state index in [1.165, 1.54) is 9.08 Å². The van der Waals surface area contributed by atoms with Crippen molar-refractivity contribution in [2.75, 3.05) is 23.7 Å². The topological polar surface area (TPSA) is 90.7 Å². The van der Waals surface area contributed by atoms with Gasteiger partial charge in [0.1, 0.15) is 11.4 Å². The van der Waals surface area contributed by atoms with Crippen molar-refractivity contribution in [1.29, 1.82) is 0 Å². The Hall–Kier alpha value is -3.65. The number of nitrogen functional groups attached to an aromatic ring is 1. The Balaban J connectivity index is 1.66. The molecule has 1 aliphatic rings. The SMILES string of the molecule is C[C@@H]1CN(c2c(-c3ccccc3)nc(N)n3c(=O)n(CCc4ccccc4)nc23)C[C@H](C)O1. The summed E-state index contributed by atoms with van der Waals surface area (Å²) >= 11 is 0. The van der Waals surface area contributed by atoms with Gasteiger partial charge in [-0.15, -0.1) is 5.10 Å². The number of nitrogens with two attached hydrogens (primary N) is 1. The normalized spacial score (nSPS) is 18.7. The summed E-state index contributed by atoms with van der Waals surface area (Å²) in [4.78, 5) is 20.2. The van der Waals surface area contributed by atoms with Gasteiger partial charge in [-0.25, -0.2) is 18.9 Å². The molecule has 0 bridgehead atoms. The molecule has 0 amide bonds. The molecule has 2 aromatic heterocycles. The quantitative estimate of drug-likeness (QED) is 0.509. The summed E-state index contributed by atoms with van der Waals surface area (Å²) in [5, 5.41) is 4.76. The number of fused-ring (bicyclic) bond motifs is 1. The molecule has 2 aromatic carbocycles. The van der Waals surface area contributed by atoms with Gasteiger partial charge in [-0.3, -0.25) is 0 Å². The van der Waals surface area contributed by atoms with E-state index in [2.05, 4.69) is 18.7 Å². The molecule has 0 radical (unpaired) electrons. The minimum atomic E-state index is -0.277. The van der Waals surface area contributed by atoms with Gasteiger partial charge >= 0.3 is 5.69 Å². The fourth-order valence-electron chi connectivity index (χ4n) is 4.57. The number of aryl methyl sites for hydroxylation is 2. The number of benzene rings is 2. The molecule has 8 nitrogen and oxygen atoms in total. The minimum absolute atomic E-state index is 0.0434. The Morgan fingerprint density at radius 1 is 1.00 bits per heavy atom.